The van der Waals surface area contributed by atoms with Gasteiger partial charge in [0.15, 0.2) is 0 Å². The first-order chi connectivity index (χ1) is 14.0. The van der Waals surface area contributed by atoms with Gasteiger partial charge in [-0.3, -0.25) is 5.32 Å². The Kier molecular flexibility index (Phi) is 7.89. The highest BCUT2D eigenvalue weighted by Crippen LogP contribution is 2.37. The summed E-state index contributed by atoms with van der Waals surface area (Å²) in [4.78, 5) is 20.7. The number of carbonyl (C=O) groups is 1. The first-order valence-electron chi connectivity index (χ1n) is 10.4. The quantitative estimate of drug-likeness (QED) is 0.301. The molecule has 0 atom stereocenters. The molecule has 0 unspecified atom stereocenters. The number of allylic oxidation sites excluding steroid dienone is 3. The first-order valence-corrected chi connectivity index (χ1v) is 13.3. The van der Waals surface area contributed by atoms with E-state index in [0.717, 1.165) is 18.8 Å². The van der Waals surface area contributed by atoms with Gasteiger partial charge in [0, 0.05) is 31.9 Å². The van der Waals surface area contributed by atoms with Crippen molar-refractivity contribution in [3.8, 4) is 0 Å². The van der Waals surface area contributed by atoms with E-state index in [-0.39, 0.29) is 11.1 Å². The SMILES string of the molecule is C=N/C(=C\C=C(/C)O[Si](C)(C)C(C)(C)C)NC(=O)N1CCN(c2ccccc2)CC1. The monoisotopic (exact) mass is 428 g/mol. The molecule has 0 radical (unpaired) electrons. The molecule has 2 rings (SSSR count). The minimum atomic E-state index is -1.89. The summed E-state index contributed by atoms with van der Waals surface area (Å²) in [6.07, 6.45) is 3.59. The molecule has 1 aromatic rings. The van der Waals surface area contributed by atoms with E-state index in [1.54, 1.807) is 11.0 Å². The molecule has 1 aliphatic heterocycles. The van der Waals surface area contributed by atoms with Gasteiger partial charge in [-0.15, -0.1) is 0 Å². The van der Waals surface area contributed by atoms with Gasteiger partial charge in [0.25, 0.3) is 0 Å². The van der Waals surface area contributed by atoms with Gasteiger partial charge in [0.2, 0.25) is 8.32 Å². The number of hydrogen-bond acceptors (Lipinski definition) is 4. The zero-order valence-corrected chi connectivity index (χ0v) is 20.2. The number of rotatable bonds is 6. The Balaban J connectivity index is 1.92. The van der Waals surface area contributed by atoms with Crippen molar-refractivity contribution in [1.29, 1.82) is 0 Å². The Morgan fingerprint density at radius 1 is 1.13 bits per heavy atom. The van der Waals surface area contributed by atoms with E-state index in [1.165, 1.54) is 5.69 Å². The van der Waals surface area contributed by atoms with Crippen molar-refractivity contribution in [2.24, 2.45) is 4.99 Å². The number of hydrogen-bond donors (Lipinski definition) is 1. The lowest BCUT2D eigenvalue weighted by Gasteiger charge is -2.36. The molecule has 164 valence electrons. The van der Waals surface area contributed by atoms with Crippen LogP contribution in [0, 0.1) is 0 Å². The number of anilines is 1. The lowest BCUT2D eigenvalue weighted by Crippen LogP contribution is -2.51. The molecular weight excluding hydrogens is 392 g/mol. The van der Waals surface area contributed by atoms with Crippen LogP contribution in [0.2, 0.25) is 18.1 Å². The van der Waals surface area contributed by atoms with E-state index in [4.69, 9.17) is 4.43 Å². The lowest BCUT2D eigenvalue weighted by molar-refractivity contribution is 0.197. The molecule has 0 aromatic heterocycles. The zero-order chi connectivity index (χ0) is 22.4. The second-order valence-corrected chi connectivity index (χ2v) is 13.8. The molecule has 1 aliphatic rings. The third-order valence-electron chi connectivity index (χ3n) is 5.79. The zero-order valence-electron chi connectivity index (χ0n) is 19.2. The molecule has 6 nitrogen and oxygen atoms in total. The molecule has 7 heteroatoms. The van der Waals surface area contributed by atoms with Crippen LogP contribution in [0.4, 0.5) is 10.5 Å². The molecule has 1 aromatic carbocycles. The molecule has 1 heterocycles. The van der Waals surface area contributed by atoms with Gasteiger partial charge in [-0.1, -0.05) is 39.0 Å². The van der Waals surface area contributed by atoms with Crippen LogP contribution in [-0.2, 0) is 4.43 Å². The average molecular weight is 429 g/mol. The van der Waals surface area contributed by atoms with Crippen LogP contribution in [0.3, 0.4) is 0 Å². The second-order valence-electron chi connectivity index (χ2n) is 9.09. The predicted molar refractivity (Wildman–Crippen MR) is 128 cm³/mol. The van der Waals surface area contributed by atoms with Crippen LogP contribution in [0.25, 0.3) is 0 Å². The summed E-state index contributed by atoms with van der Waals surface area (Å²) in [5.41, 5.74) is 1.19. The van der Waals surface area contributed by atoms with E-state index >= 15 is 0 Å². The standard InChI is InChI=1S/C23H36N4O2Si/c1-19(29-30(6,7)23(2,3)4)13-14-21(24-5)25-22(28)27-17-15-26(16-18-27)20-11-9-8-10-12-20/h8-14H,5,15-18H2,1-4,6-7H3,(H,25,28)/b19-13+,21-14+. The molecule has 1 fully saturated rings. The summed E-state index contributed by atoms with van der Waals surface area (Å²) in [5.74, 6) is 1.23. The second kappa shape index (κ2) is 9.98. The number of nitrogens with zero attached hydrogens (tertiary/aromatic N) is 3. The Morgan fingerprint density at radius 3 is 2.27 bits per heavy atom. The van der Waals surface area contributed by atoms with Crippen LogP contribution >= 0.6 is 0 Å². The Morgan fingerprint density at radius 2 is 1.73 bits per heavy atom. The first kappa shape index (κ1) is 23.7. The van der Waals surface area contributed by atoms with Crippen LogP contribution in [0.1, 0.15) is 27.7 Å². The number of carbonyl (C=O) groups excluding carboxylic acids is 1. The van der Waals surface area contributed by atoms with Gasteiger partial charge in [0.1, 0.15) is 5.82 Å². The maximum atomic E-state index is 12.6. The van der Waals surface area contributed by atoms with Crippen molar-refractivity contribution in [2.75, 3.05) is 31.1 Å². The third-order valence-corrected chi connectivity index (χ3v) is 10.2. The fourth-order valence-electron chi connectivity index (χ4n) is 2.91. The van der Waals surface area contributed by atoms with Crippen molar-refractivity contribution in [3.05, 3.63) is 54.1 Å². The van der Waals surface area contributed by atoms with Gasteiger partial charge in [-0.25, -0.2) is 9.79 Å². The molecule has 1 N–H and O–H groups in total. The fourth-order valence-corrected chi connectivity index (χ4v) is 4.09. The van der Waals surface area contributed by atoms with Gasteiger partial charge >= 0.3 is 6.03 Å². The van der Waals surface area contributed by atoms with Crippen molar-refractivity contribution in [2.45, 2.75) is 45.8 Å². The number of urea groups is 1. The molecule has 0 bridgehead atoms. The predicted octanol–water partition coefficient (Wildman–Crippen LogP) is 4.99. The third kappa shape index (κ3) is 6.48. The van der Waals surface area contributed by atoms with E-state index in [9.17, 15) is 4.79 Å². The number of aliphatic imine (C=N–C) groups is 1. The van der Waals surface area contributed by atoms with Crippen LogP contribution < -0.4 is 10.2 Å². The van der Waals surface area contributed by atoms with Crippen LogP contribution in [0.15, 0.2) is 59.1 Å². The van der Waals surface area contributed by atoms with E-state index in [1.807, 2.05) is 31.2 Å². The summed E-state index contributed by atoms with van der Waals surface area (Å²) in [6, 6.07) is 10.1. The lowest BCUT2D eigenvalue weighted by atomic mass is 10.2. The average Bonchev–Trinajstić information content (AvgIpc) is 2.70. The van der Waals surface area contributed by atoms with Crippen LogP contribution in [-0.4, -0.2) is 52.1 Å². The van der Waals surface area contributed by atoms with Crippen molar-refractivity contribution in [1.82, 2.24) is 10.2 Å². The van der Waals surface area contributed by atoms with Crippen LogP contribution in [0.5, 0.6) is 0 Å². The molecule has 1 saturated heterocycles. The summed E-state index contributed by atoms with van der Waals surface area (Å²) < 4.78 is 6.24. The number of nitrogens with one attached hydrogen (secondary N) is 1. The summed E-state index contributed by atoms with van der Waals surface area (Å²) in [6.45, 7) is 19.5. The van der Waals surface area contributed by atoms with Gasteiger partial charge in [0.05, 0.1) is 5.76 Å². The van der Waals surface area contributed by atoms with E-state index in [0.29, 0.717) is 18.9 Å². The molecule has 0 aliphatic carbocycles. The number of para-hydroxylation sites is 1. The summed E-state index contributed by atoms with van der Waals surface area (Å²) >= 11 is 0. The minimum absolute atomic E-state index is 0.126. The maximum Gasteiger partial charge on any atom is 0.323 e. The van der Waals surface area contributed by atoms with Crippen molar-refractivity contribution in [3.63, 3.8) is 0 Å². The maximum absolute atomic E-state index is 12.6. The Labute approximate surface area is 182 Å². The smallest absolute Gasteiger partial charge is 0.323 e. The molecule has 2 amide bonds. The number of benzene rings is 1. The largest absolute Gasteiger partial charge is 0.547 e. The highest BCUT2D eigenvalue weighted by Gasteiger charge is 2.38. The summed E-state index contributed by atoms with van der Waals surface area (Å²) in [7, 11) is -1.89. The topological polar surface area (TPSA) is 57.2 Å². The molecule has 0 saturated carbocycles. The van der Waals surface area contributed by atoms with E-state index < -0.39 is 8.32 Å². The Hall–Kier alpha value is -2.54. The minimum Gasteiger partial charge on any atom is -0.547 e. The summed E-state index contributed by atoms with van der Waals surface area (Å²) in [5, 5.41) is 2.98. The van der Waals surface area contributed by atoms with Crippen molar-refractivity contribution < 1.29 is 9.22 Å². The normalized spacial score (nSPS) is 16.3. The van der Waals surface area contributed by atoms with Gasteiger partial charge in [-0.2, -0.15) is 0 Å². The van der Waals surface area contributed by atoms with Gasteiger partial charge < -0.3 is 14.2 Å². The molecule has 0 spiro atoms. The molecule has 30 heavy (non-hydrogen) atoms. The highest BCUT2D eigenvalue weighted by atomic mass is 28.4. The fraction of sp³-hybridized carbons (Fsp3) is 0.478. The number of piperazine rings is 1. The van der Waals surface area contributed by atoms with Gasteiger partial charge in [-0.05, 0) is 56.1 Å². The van der Waals surface area contributed by atoms with Crippen molar-refractivity contribution >= 4 is 26.8 Å². The Bertz CT molecular complexity index is 789. The highest BCUT2D eigenvalue weighted by molar-refractivity contribution is 6.74. The number of amides is 2. The van der Waals surface area contributed by atoms with E-state index in [2.05, 4.69) is 67.9 Å². The molecular formula is C23H36N4O2Si.